The van der Waals surface area contributed by atoms with Crippen molar-refractivity contribution in [1.82, 2.24) is 0 Å². The lowest BCUT2D eigenvalue weighted by atomic mass is 10.0. The SMILES string of the molecule is CCCCCCCCCCCCCCC(C)[N+](C)(CO)CCO.[Cl-]. The normalized spacial score (nSPS) is 14.9. The zero-order valence-electron chi connectivity index (χ0n) is 16.6. The van der Waals surface area contributed by atoms with Crippen molar-refractivity contribution in [3.63, 3.8) is 0 Å². The van der Waals surface area contributed by atoms with Gasteiger partial charge in [-0.1, -0.05) is 77.6 Å². The maximum Gasteiger partial charge on any atom is 0.180 e. The molecule has 0 aliphatic rings. The molecular formula is C20H44ClNO2. The summed E-state index contributed by atoms with van der Waals surface area (Å²) in [6.07, 6.45) is 17.7. The van der Waals surface area contributed by atoms with E-state index in [1.165, 1.54) is 77.0 Å². The van der Waals surface area contributed by atoms with Crippen molar-refractivity contribution in [2.75, 3.05) is 26.9 Å². The second-order valence-electron chi connectivity index (χ2n) is 7.59. The highest BCUT2D eigenvalue weighted by atomic mass is 35.5. The van der Waals surface area contributed by atoms with E-state index in [1.807, 2.05) is 7.05 Å². The Morgan fingerprint density at radius 1 is 0.750 bits per heavy atom. The quantitative estimate of drug-likeness (QED) is 0.235. The number of aliphatic hydroxyl groups excluding tert-OH is 2. The Morgan fingerprint density at radius 3 is 1.54 bits per heavy atom. The van der Waals surface area contributed by atoms with Gasteiger partial charge in [-0.25, -0.2) is 0 Å². The molecule has 24 heavy (non-hydrogen) atoms. The molecule has 0 aromatic heterocycles. The van der Waals surface area contributed by atoms with Crippen LogP contribution in [-0.2, 0) is 0 Å². The van der Waals surface area contributed by atoms with Crippen LogP contribution in [0.4, 0.5) is 0 Å². The monoisotopic (exact) mass is 365 g/mol. The molecule has 0 fully saturated rings. The second kappa shape index (κ2) is 18.0. The minimum Gasteiger partial charge on any atom is -1.00 e. The van der Waals surface area contributed by atoms with Gasteiger partial charge in [0.25, 0.3) is 0 Å². The average molecular weight is 366 g/mol. The maximum absolute atomic E-state index is 9.54. The summed E-state index contributed by atoms with van der Waals surface area (Å²) >= 11 is 0. The third-order valence-electron chi connectivity index (χ3n) is 5.47. The first kappa shape index (κ1) is 26.4. The molecule has 2 N–H and O–H groups in total. The number of hydrogen-bond donors (Lipinski definition) is 2. The Morgan fingerprint density at radius 2 is 1.17 bits per heavy atom. The molecular weight excluding hydrogens is 322 g/mol. The van der Waals surface area contributed by atoms with Gasteiger partial charge in [-0.2, -0.15) is 0 Å². The number of quaternary nitrogens is 1. The van der Waals surface area contributed by atoms with Crippen LogP contribution in [0.15, 0.2) is 0 Å². The number of likely N-dealkylation sites (N-methyl/N-ethyl adjacent to an activating group) is 1. The van der Waals surface area contributed by atoms with Gasteiger partial charge in [-0.05, 0) is 19.8 Å². The summed E-state index contributed by atoms with van der Waals surface area (Å²) in [7, 11) is 2.04. The van der Waals surface area contributed by atoms with Crippen LogP contribution in [0.5, 0.6) is 0 Å². The number of unbranched alkanes of at least 4 members (excludes halogenated alkanes) is 11. The molecule has 0 radical (unpaired) electrons. The fourth-order valence-corrected chi connectivity index (χ4v) is 3.25. The predicted octanol–water partition coefficient (Wildman–Crippen LogP) is 1.86. The summed E-state index contributed by atoms with van der Waals surface area (Å²) in [6, 6.07) is 0.426. The molecule has 2 atom stereocenters. The van der Waals surface area contributed by atoms with Gasteiger partial charge in [-0.15, -0.1) is 0 Å². The summed E-state index contributed by atoms with van der Waals surface area (Å²) in [5, 5.41) is 18.7. The smallest absolute Gasteiger partial charge is 0.180 e. The predicted molar refractivity (Wildman–Crippen MR) is 100 cm³/mol. The third kappa shape index (κ3) is 13.5. The standard InChI is InChI=1S/C20H44NO2.ClH/c1-4-5-6-7-8-9-10-11-12-13-14-15-16-20(2)21(3,19-23)17-18-22;/h20,22-23H,4-19H2,1-3H3;1H/q+1;/p-1. The summed E-state index contributed by atoms with van der Waals surface area (Å²) in [6.45, 7) is 5.40. The largest absolute Gasteiger partial charge is 1.00 e. The van der Waals surface area contributed by atoms with Crippen molar-refractivity contribution < 1.29 is 27.1 Å². The molecule has 2 unspecified atom stereocenters. The lowest BCUT2D eigenvalue weighted by Crippen LogP contribution is -3.00. The van der Waals surface area contributed by atoms with Gasteiger partial charge in [0.2, 0.25) is 0 Å². The molecule has 0 amide bonds. The Hall–Kier alpha value is 0.170. The van der Waals surface area contributed by atoms with Gasteiger partial charge >= 0.3 is 0 Å². The molecule has 0 saturated carbocycles. The van der Waals surface area contributed by atoms with Crippen LogP contribution in [-0.4, -0.2) is 47.7 Å². The first-order valence-corrected chi connectivity index (χ1v) is 10.2. The van der Waals surface area contributed by atoms with E-state index < -0.39 is 0 Å². The minimum atomic E-state index is 0. The van der Waals surface area contributed by atoms with Crippen LogP contribution < -0.4 is 12.4 Å². The zero-order valence-corrected chi connectivity index (χ0v) is 17.4. The van der Waals surface area contributed by atoms with Crippen LogP contribution >= 0.6 is 0 Å². The zero-order chi connectivity index (χ0) is 17.4. The van der Waals surface area contributed by atoms with E-state index in [4.69, 9.17) is 5.11 Å². The number of aliphatic hydroxyl groups is 2. The second-order valence-corrected chi connectivity index (χ2v) is 7.59. The lowest BCUT2D eigenvalue weighted by molar-refractivity contribution is -0.948. The van der Waals surface area contributed by atoms with Gasteiger partial charge in [0.1, 0.15) is 6.54 Å². The van der Waals surface area contributed by atoms with E-state index in [1.54, 1.807) is 0 Å². The van der Waals surface area contributed by atoms with E-state index in [2.05, 4.69) is 13.8 Å². The van der Waals surface area contributed by atoms with Crippen molar-refractivity contribution >= 4 is 0 Å². The Kier molecular flexibility index (Phi) is 19.8. The summed E-state index contributed by atoms with van der Waals surface area (Å²) < 4.78 is 0.578. The molecule has 3 nitrogen and oxygen atoms in total. The number of hydrogen-bond acceptors (Lipinski definition) is 2. The molecule has 0 heterocycles. The van der Waals surface area contributed by atoms with Crippen molar-refractivity contribution in [3.8, 4) is 0 Å². The molecule has 148 valence electrons. The maximum atomic E-state index is 9.54. The molecule has 4 heteroatoms. The molecule has 0 saturated heterocycles. The van der Waals surface area contributed by atoms with E-state index in [-0.39, 0.29) is 25.7 Å². The van der Waals surface area contributed by atoms with Crippen molar-refractivity contribution in [2.24, 2.45) is 0 Å². The highest BCUT2D eigenvalue weighted by Gasteiger charge is 2.26. The highest BCUT2D eigenvalue weighted by Crippen LogP contribution is 2.17. The fourth-order valence-electron chi connectivity index (χ4n) is 3.25. The van der Waals surface area contributed by atoms with Gasteiger partial charge in [0, 0.05) is 0 Å². The Labute approximate surface area is 157 Å². The average Bonchev–Trinajstić information content (AvgIpc) is 2.55. The van der Waals surface area contributed by atoms with Gasteiger partial charge in [0.15, 0.2) is 6.73 Å². The third-order valence-corrected chi connectivity index (χ3v) is 5.47. The van der Waals surface area contributed by atoms with Gasteiger partial charge in [-0.3, -0.25) is 4.48 Å². The van der Waals surface area contributed by atoms with Gasteiger partial charge in [0.05, 0.1) is 19.7 Å². The molecule has 0 aliphatic carbocycles. The molecule has 0 spiro atoms. The van der Waals surface area contributed by atoms with Crippen molar-refractivity contribution in [2.45, 2.75) is 103 Å². The van der Waals surface area contributed by atoms with Crippen LogP contribution in [0, 0.1) is 0 Å². The van der Waals surface area contributed by atoms with Crippen LogP contribution in [0.1, 0.15) is 97.3 Å². The van der Waals surface area contributed by atoms with Crippen LogP contribution in [0.25, 0.3) is 0 Å². The topological polar surface area (TPSA) is 40.5 Å². The van der Waals surface area contributed by atoms with E-state index in [0.29, 0.717) is 17.1 Å². The van der Waals surface area contributed by atoms with E-state index in [0.717, 1.165) is 6.42 Å². The van der Waals surface area contributed by atoms with Crippen LogP contribution in [0.2, 0.25) is 0 Å². The lowest BCUT2D eigenvalue weighted by Gasteiger charge is -2.37. The van der Waals surface area contributed by atoms with Gasteiger partial charge < -0.3 is 22.6 Å². The Balaban J connectivity index is 0. The van der Waals surface area contributed by atoms with E-state index in [9.17, 15) is 5.11 Å². The first-order valence-electron chi connectivity index (χ1n) is 10.2. The van der Waals surface area contributed by atoms with Crippen molar-refractivity contribution in [1.29, 1.82) is 0 Å². The molecule has 0 rings (SSSR count). The Bertz CT molecular complexity index is 254. The minimum absolute atomic E-state index is 0. The molecule has 0 aliphatic heterocycles. The first-order chi connectivity index (χ1) is 11.1. The number of nitrogens with zero attached hydrogens (tertiary/aromatic N) is 1. The summed E-state index contributed by atoms with van der Waals surface area (Å²) in [4.78, 5) is 0. The van der Waals surface area contributed by atoms with E-state index >= 15 is 0 Å². The van der Waals surface area contributed by atoms with Crippen molar-refractivity contribution in [3.05, 3.63) is 0 Å². The summed E-state index contributed by atoms with van der Waals surface area (Å²) in [5.74, 6) is 0. The number of halogens is 1. The summed E-state index contributed by atoms with van der Waals surface area (Å²) in [5.41, 5.74) is 0. The molecule has 0 aromatic rings. The highest BCUT2D eigenvalue weighted by molar-refractivity contribution is 4.54. The molecule has 0 bridgehead atoms. The fraction of sp³-hybridized carbons (Fsp3) is 1.00. The van der Waals surface area contributed by atoms with Crippen LogP contribution in [0.3, 0.4) is 0 Å². The molecule has 0 aromatic carbocycles. The number of rotatable bonds is 17.